The van der Waals surface area contributed by atoms with Gasteiger partial charge in [0.15, 0.2) is 0 Å². The number of amides is 1. The summed E-state index contributed by atoms with van der Waals surface area (Å²) >= 11 is 0. The van der Waals surface area contributed by atoms with Gasteiger partial charge in [0.1, 0.15) is 0 Å². The zero-order valence-electron chi connectivity index (χ0n) is 14.5. The quantitative estimate of drug-likeness (QED) is 0.766. The Hall–Kier alpha value is -1.86. The van der Waals surface area contributed by atoms with E-state index in [9.17, 15) is 18.0 Å². The summed E-state index contributed by atoms with van der Waals surface area (Å²) in [5.74, 6) is -0.167. The monoisotopic (exact) mass is 368 g/mol. The summed E-state index contributed by atoms with van der Waals surface area (Å²) in [6, 6.07) is 4.96. The SMILES string of the molecule is O=C(C=Cc1cccc(C(F)(F)F)c1)N1CCN(CC2CCCO2)CC1. The highest BCUT2D eigenvalue weighted by atomic mass is 19.4. The van der Waals surface area contributed by atoms with E-state index in [1.807, 2.05) is 0 Å². The summed E-state index contributed by atoms with van der Waals surface area (Å²) in [6.45, 7) is 4.58. The second-order valence-electron chi connectivity index (χ2n) is 6.72. The zero-order chi connectivity index (χ0) is 18.6. The molecule has 26 heavy (non-hydrogen) atoms. The van der Waals surface area contributed by atoms with Gasteiger partial charge in [0.2, 0.25) is 5.91 Å². The topological polar surface area (TPSA) is 32.8 Å². The van der Waals surface area contributed by atoms with Crippen molar-refractivity contribution in [1.29, 1.82) is 0 Å². The van der Waals surface area contributed by atoms with Gasteiger partial charge in [0, 0.05) is 45.4 Å². The number of ether oxygens (including phenoxy) is 1. The molecule has 0 saturated carbocycles. The van der Waals surface area contributed by atoms with Gasteiger partial charge in [-0.15, -0.1) is 0 Å². The van der Waals surface area contributed by atoms with Crippen molar-refractivity contribution >= 4 is 12.0 Å². The van der Waals surface area contributed by atoms with E-state index in [-0.39, 0.29) is 5.91 Å². The highest BCUT2D eigenvalue weighted by Gasteiger charge is 2.30. The zero-order valence-corrected chi connectivity index (χ0v) is 14.5. The molecule has 1 unspecified atom stereocenters. The lowest BCUT2D eigenvalue weighted by Gasteiger charge is -2.35. The first-order valence-electron chi connectivity index (χ1n) is 8.90. The molecule has 0 aliphatic carbocycles. The Labute approximate surface area is 151 Å². The van der Waals surface area contributed by atoms with Crippen LogP contribution in [0.2, 0.25) is 0 Å². The lowest BCUT2D eigenvalue weighted by Crippen LogP contribution is -2.50. The Morgan fingerprint density at radius 1 is 1.23 bits per heavy atom. The van der Waals surface area contributed by atoms with E-state index in [4.69, 9.17) is 4.74 Å². The number of rotatable bonds is 4. The van der Waals surface area contributed by atoms with E-state index in [0.29, 0.717) is 24.8 Å². The van der Waals surface area contributed by atoms with Crippen molar-refractivity contribution in [2.45, 2.75) is 25.1 Å². The van der Waals surface area contributed by atoms with E-state index in [0.717, 1.165) is 51.2 Å². The third-order valence-corrected chi connectivity index (χ3v) is 4.80. The van der Waals surface area contributed by atoms with Crippen molar-refractivity contribution in [1.82, 2.24) is 9.80 Å². The molecule has 4 nitrogen and oxygen atoms in total. The lowest BCUT2D eigenvalue weighted by molar-refractivity contribution is -0.137. The molecule has 2 fully saturated rings. The van der Waals surface area contributed by atoms with Crippen LogP contribution in [0, 0.1) is 0 Å². The second-order valence-corrected chi connectivity index (χ2v) is 6.72. The van der Waals surface area contributed by atoms with E-state index >= 15 is 0 Å². The molecule has 1 atom stereocenters. The minimum Gasteiger partial charge on any atom is -0.377 e. The third-order valence-electron chi connectivity index (χ3n) is 4.80. The van der Waals surface area contributed by atoms with E-state index in [2.05, 4.69) is 4.90 Å². The van der Waals surface area contributed by atoms with Gasteiger partial charge in [0.05, 0.1) is 11.7 Å². The number of carbonyl (C=O) groups excluding carboxylic acids is 1. The van der Waals surface area contributed by atoms with Gasteiger partial charge in [-0.25, -0.2) is 0 Å². The van der Waals surface area contributed by atoms with Crippen molar-refractivity contribution in [3.05, 3.63) is 41.5 Å². The maximum Gasteiger partial charge on any atom is 0.416 e. The molecule has 3 rings (SSSR count). The Morgan fingerprint density at radius 2 is 2.00 bits per heavy atom. The molecular weight excluding hydrogens is 345 g/mol. The Bertz CT molecular complexity index is 646. The number of piperazine rings is 1. The van der Waals surface area contributed by atoms with Gasteiger partial charge in [-0.2, -0.15) is 13.2 Å². The summed E-state index contributed by atoms with van der Waals surface area (Å²) in [6.07, 6.45) is 0.926. The van der Waals surface area contributed by atoms with Gasteiger partial charge in [-0.3, -0.25) is 9.69 Å². The number of halogens is 3. The van der Waals surface area contributed by atoms with E-state index in [1.54, 1.807) is 11.0 Å². The molecule has 2 heterocycles. The molecule has 2 saturated heterocycles. The van der Waals surface area contributed by atoms with Crippen LogP contribution in [0.3, 0.4) is 0 Å². The highest BCUT2D eigenvalue weighted by molar-refractivity contribution is 5.91. The van der Waals surface area contributed by atoms with Crippen LogP contribution in [-0.2, 0) is 15.7 Å². The number of hydrogen-bond acceptors (Lipinski definition) is 3. The fourth-order valence-electron chi connectivity index (χ4n) is 3.32. The first kappa shape index (κ1) is 18.9. The van der Waals surface area contributed by atoms with Gasteiger partial charge >= 0.3 is 6.18 Å². The highest BCUT2D eigenvalue weighted by Crippen LogP contribution is 2.29. The van der Waals surface area contributed by atoms with Gasteiger partial charge in [-0.1, -0.05) is 12.1 Å². The fourth-order valence-corrected chi connectivity index (χ4v) is 3.32. The minimum atomic E-state index is -4.38. The molecule has 0 radical (unpaired) electrons. The maximum atomic E-state index is 12.7. The van der Waals surface area contributed by atoms with Crippen LogP contribution in [0.5, 0.6) is 0 Å². The Kier molecular flexibility index (Phi) is 5.98. The molecular formula is C19H23F3N2O2. The molecule has 1 aromatic rings. The van der Waals surface area contributed by atoms with Crippen molar-refractivity contribution in [2.75, 3.05) is 39.3 Å². The molecule has 1 aromatic carbocycles. The molecule has 7 heteroatoms. The molecule has 0 spiro atoms. The van der Waals surface area contributed by atoms with E-state index < -0.39 is 11.7 Å². The minimum absolute atomic E-state index is 0.167. The molecule has 0 bridgehead atoms. The molecule has 2 aliphatic rings. The molecule has 1 amide bonds. The summed E-state index contributed by atoms with van der Waals surface area (Å²) in [4.78, 5) is 16.3. The van der Waals surface area contributed by atoms with Crippen LogP contribution in [-0.4, -0.2) is 61.1 Å². The summed E-state index contributed by atoms with van der Waals surface area (Å²) in [5.41, 5.74) is -0.347. The van der Waals surface area contributed by atoms with Crippen LogP contribution in [0.1, 0.15) is 24.0 Å². The smallest absolute Gasteiger partial charge is 0.377 e. The first-order valence-corrected chi connectivity index (χ1v) is 8.90. The van der Waals surface area contributed by atoms with Crippen molar-refractivity contribution < 1.29 is 22.7 Å². The summed E-state index contributed by atoms with van der Waals surface area (Å²) in [7, 11) is 0. The van der Waals surface area contributed by atoms with Gasteiger partial charge in [0.25, 0.3) is 0 Å². The van der Waals surface area contributed by atoms with Crippen molar-refractivity contribution in [3.8, 4) is 0 Å². The van der Waals surface area contributed by atoms with Crippen molar-refractivity contribution in [2.24, 2.45) is 0 Å². The molecule has 2 aliphatic heterocycles. The molecule has 0 N–H and O–H groups in total. The number of hydrogen-bond donors (Lipinski definition) is 0. The number of alkyl halides is 3. The van der Waals surface area contributed by atoms with Crippen LogP contribution in [0.4, 0.5) is 13.2 Å². The van der Waals surface area contributed by atoms with Crippen LogP contribution < -0.4 is 0 Å². The van der Waals surface area contributed by atoms with E-state index in [1.165, 1.54) is 18.2 Å². The normalized spacial score (nSPS) is 22.3. The number of nitrogens with zero attached hydrogens (tertiary/aromatic N) is 2. The summed E-state index contributed by atoms with van der Waals surface area (Å²) < 4.78 is 43.8. The Morgan fingerprint density at radius 3 is 2.65 bits per heavy atom. The van der Waals surface area contributed by atoms with Gasteiger partial charge < -0.3 is 9.64 Å². The Balaban J connectivity index is 1.50. The standard InChI is InChI=1S/C19H23F3N2O2/c20-19(21,22)16-4-1-3-15(13-16)6-7-18(25)24-10-8-23(9-11-24)14-17-5-2-12-26-17/h1,3-4,6-7,13,17H,2,5,8-12,14H2. The fraction of sp³-hybridized carbons (Fsp3) is 0.526. The predicted molar refractivity (Wildman–Crippen MR) is 92.5 cm³/mol. The summed E-state index contributed by atoms with van der Waals surface area (Å²) in [5, 5.41) is 0. The van der Waals surface area contributed by atoms with Crippen LogP contribution in [0.15, 0.2) is 30.3 Å². The van der Waals surface area contributed by atoms with Crippen molar-refractivity contribution in [3.63, 3.8) is 0 Å². The predicted octanol–water partition coefficient (Wildman–Crippen LogP) is 3.04. The average Bonchev–Trinajstić information content (AvgIpc) is 3.13. The third kappa shape index (κ3) is 5.08. The lowest BCUT2D eigenvalue weighted by atomic mass is 10.1. The largest absolute Gasteiger partial charge is 0.416 e. The van der Waals surface area contributed by atoms with Gasteiger partial charge in [-0.05, 0) is 36.6 Å². The molecule has 0 aromatic heterocycles. The second kappa shape index (κ2) is 8.22. The first-order chi connectivity index (χ1) is 12.4. The molecule has 142 valence electrons. The number of benzene rings is 1. The van der Waals surface area contributed by atoms with Crippen LogP contribution in [0.25, 0.3) is 6.08 Å². The average molecular weight is 368 g/mol. The number of carbonyl (C=O) groups is 1. The van der Waals surface area contributed by atoms with Crippen LogP contribution >= 0.6 is 0 Å². The maximum absolute atomic E-state index is 12.7.